The van der Waals surface area contributed by atoms with Crippen molar-refractivity contribution in [3.8, 4) is 0 Å². The van der Waals surface area contributed by atoms with E-state index in [1.54, 1.807) is 6.07 Å². The number of allylic oxidation sites excluding steroid dienone is 1. The molecule has 3 heterocycles. The molecule has 180 valence electrons. The van der Waals surface area contributed by atoms with Crippen LogP contribution in [0.5, 0.6) is 0 Å². The molecule has 5 rings (SSSR count). The van der Waals surface area contributed by atoms with Crippen molar-refractivity contribution in [3.63, 3.8) is 0 Å². The maximum atomic E-state index is 14.8. The fourth-order valence-electron chi connectivity index (χ4n) is 5.63. The van der Waals surface area contributed by atoms with Gasteiger partial charge in [-0.1, -0.05) is 30.8 Å². The summed E-state index contributed by atoms with van der Waals surface area (Å²) in [5, 5.41) is 7.66. The number of hydrogen-bond acceptors (Lipinski definition) is 4. The number of benzene rings is 2. The molecule has 6 heteroatoms. The molecule has 2 N–H and O–H groups in total. The average Bonchev–Trinajstić information content (AvgIpc) is 3.42. The Hall–Kier alpha value is -1.95. The zero-order valence-electron chi connectivity index (χ0n) is 19.6. The first kappa shape index (κ1) is 23.8. The van der Waals surface area contributed by atoms with Gasteiger partial charge in [-0.25, -0.2) is 4.39 Å². The quantitative estimate of drug-likeness (QED) is 0.459. The minimum atomic E-state index is -0.176. The molecule has 3 aliphatic rings. The average molecular weight is 498 g/mol. The molecule has 1 unspecified atom stereocenters. The van der Waals surface area contributed by atoms with E-state index in [1.807, 2.05) is 23.9 Å². The normalized spacial score (nSPS) is 21.5. The lowest BCUT2D eigenvalue weighted by Gasteiger charge is -2.40. The summed E-state index contributed by atoms with van der Waals surface area (Å²) in [6, 6.07) is 12.1. The molecule has 2 aromatic carbocycles. The predicted octanol–water partition coefficient (Wildman–Crippen LogP) is 6.45. The molecule has 0 amide bonds. The van der Waals surface area contributed by atoms with E-state index < -0.39 is 0 Å². The second kappa shape index (κ2) is 9.96. The summed E-state index contributed by atoms with van der Waals surface area (Å²) in [6.45, 7) is 11.5. The molecule has 3 aliphatic heterocycles. The fourth-order valence-corrected chi connectivity index (χ4v) is 6.96. The van der Waals surface area contributed by atoms with Gasteiger partial charge in [0.2, 0.25) is 0 Å². The third kappa shape index (κ3) is 4.75. The zero-order valence-corrected chi connectivity index (χ0v) is 21.2. The van der Waals surface area contributed by atoms with Gasteiger partial charge in [0, 0.05) is 44.9 Å². The summed E-state index contributed by atoms with van der Waals surface area (Å²) in [4.78, 5) is 2.52. The van der Waals surface area contributed by atoms with Crippen LogP contribution in [0.1, 0.15) is 42.4 Å². The van der Waals surface area contributed by atoms with Crippen molar-refractivity contribution < 1.29 is 4.39 Å². The Labute approximate surface area is 211 Å². The molecule has 3 nitrogen and oxygen atoms in total. The van der Waals surface area contributed by atoms with Gasteiger partial charge >= 0.3 is 0 Å². The van der Waals surface area contributed by atoms with Gasteiger partial charge in [-0.05, 0) is 98.9 Å². The summed E-state index contributed by atoms with van der Waals surface area (Å²) in [5.41, 5.74) is 5.87. The number of piperidine rings is 1. The minimum Gasteiger partial charge on any atom is -0.381 e. The Balaban J connectivity index is 1.12. The Bertz CT molecular complexity index is 1090. The van der Waals surface area contributed by atoms with E-state index >= 15 is 0 Å². The van der Waals surface area contributed by atoms with Crippen molar-refractivity contribution in [1.29, 1.82) is 0 Å². The standard InChI is InChI=1S/C28H33ClFN3S/c1-19(31-23-9-15-34-18-23)24-7-5-21(16-26(24)30)4-3-12-33-13-10-28(11-14-33)20(2)32-27-8-6-22(29)17-25(27)28/h5-8,16-17,23,31-32H,1-4,9-15,18H2. The van der Waals surface area contributed by atoms with Gasteiger partial charge in [-0.3, -0.25) is 0 Å². The number of fused-ring (bicyclic) bond motifs is 2. The number of likely N-dealkylation sites (tertiary alicyclic amines) is 1. The number of thioether (sulfide) groups is 1. The van der Waals surface area contributed by atoms with E-state index in [4.69, 9.17) is 11.6 Å². The van der Waals surface area contributed by atoms with Gasteiger partial charge in [0.25, 0.3) is 0 Å². The predicted molar refractivity (Wildman–Crippen MR) is 144 cm³/mol. The van der Waals surface area contributed by atoms with Gasteiger partial charge in [-0.2, -0.15) is 11.8 Å². The topological polar surface area (TPSA) is 27.3 Å². The van der Waals surface area contributed by atoms with Crippen LogP contribution in [0.25, 0.3) is 5.70 Å². The van der Waals surface area contributed by atoms with Crippen LogP contribution in [0.2, 0.25) is 5.02 Å². The molecule has 0 aliphatic carbocycles. The highest BCUT2D eigenvalue weighted by Crippen LogP contribution is 2.50. The lowest BCUT2D eigenvalue weighted by molar-refractivity contribution is 0.179. The van der Waals surface area contributed by atoms with E-state index in [1.165, 1.54) is 5.56 Å². The van der Waals surface area contributed by atoms with Crippen molar-refractivity contribution in [2.75, 3.05) is 36.5 Å². The lowest BCUT2D eigenvalue weighted by atomic mass is 9.72. The van der Waals surface area contributed by atoms with Crippen LogP contribution in [0, 0.1) is 5.82 Å². The number of nitrogens with one attached hydrogen (secondary N) is 2. The summed E-state index contributed by atoms with van der Waals surface area (Å²) in [6.07, 6.45) is 5.11. The smallest absolute Gasteiger partial charge is 0.132 e. The third-order valence-electron chi connectivity index (χ3n) is 7.68. The highest BCUT2D eigenvalue weighted by molar-refractivity contribution is 7.99. The zero-order chi connectivity index (χ0) is 23.7. The van der Waals surface area contributed by atoms with Gasteiger partial charge in [0.05, 0.1) is 0 Å². The number of anilines is 1. The van der Waals surface area contributed by atoms with E-state index in [9.17, 15) is 4.39 Å². The molecule has 1 spiro atoms. The second-order valence-electron chi connectivity index (χ2n) is 9.82. The summed E-state index contributed by atoms with van der Waals surface area (Å²) >= 11 is 8.24. The number of halogens is 2. The van der Waals surface area contributed by atoms with E-state index in [2.05, 4.69) is 46.9 Å². The highest BCUT2D eigenvalue weighted by Gasteiger charge is 2.44. The van der Waals surface area contributed by atoms with Crippen LogP contribution in [0.15, 0.2) is 55.3 Å². The number of hydrogen-bond donors (Lipinski definition) is 2. The van der Waals surface area contributed by atoms with Crippen molar-refractivity contribution in [1.82, 2.24) is 10.2 Å². The first-order valence-electron chi connectivity index (χ1n) is 12.3. The maximum absolute atomic E-state index is 14.8. The van der Waals surface area contributed by atoms with Gasteiger partial charge < -0.3 is 15.5 Å². The van der Waals surface area contributed by atoms with Crippen molar-refractivity contribution in [3.05, 3.63) is 82.8 Å². The molecule has 0 aromatic heterocycles. The Morgan fingerprint density at radius 1 is 1.24 bits per heavy atom. The number of rotatable bonds is 7. The monoisotopic (exact) mass is 497 g/mol. The molecule has 0 saturated carbocycles. The molecular weight excluding hydrogens is 465 g/mol. The van der Waals surface area contributed by atoms with Gasteiger partial charge in [-0.15, -0.1) is 0 Å². The molecule has 0 radical (unpaired) electrons. The van der Waals surface area contributed by atoms with Crippen LogP contribution in [0.3, 0.4) is 0 Å². The van der Waals surface area contributed by atoms with Crippen molar-refractivity contribution >= 4 is 34.7 Å². The van der Waals surface area contributed by atoms with Crippen LogP contribution in [-0.2, 0) is 11.8 Å². The van der Waals surface area contributed by atoms with Gasteiger partial charge in [0.1, 0.15) is 5.82 Å². The largest absolute Gasteiger partial charge is 0.381 e. The lowest BCUT2D eigenvalue weighted by Crippen LogP contribution is -2.43. The Kier molecular flexibility index (Phi) is 6.97. The van der Waals surface area contributed by atoms with Crippen LogP contribution in [0.4, 0.5) is 10.1 Å². The van der Waals surface area contributed by atoms with Gasteiger partial charge in [0.15, 0.2) is 0 Å². The molecule has 1 atom stereocenters. The number of nitrogens with zero attached hydrogens (tertiary/aromatic N) is 1. The summed E-state index contributed by atoms with van der Waals surface area (Å²) < 4.78 is 14.8. The van der Waals surface area contributed by atoms with Crippen LogP contribution in [-0.4, -0.2) is 42.1 Å². The maximum Gasteiger partial charge on any atom is 0.132 e. The molecular formula is C28H33ClFN3S. The first-order valence-corrected chi connectivity index (χ1v) is 13.8. The molecule has 2 aromatic rings. The summed E-state index contributed by atoms with van der Waals surface area (Å²) in [7, 11) is 0. The van der Waals surface area contributed by atoms with Crippen molar-refractivity contribution in [2.24, 2.45) is 0 Å². The molecule has 34 heavy (non-hydrogen) atoms. The van der Waals surface area contributed by atoms with E-state index in [-0.39, 0.29) is 11.2 Å². The minimum absolute atomic E-state index is 0.0106. The highest BCUT2D eigenvalue weighted by atomic mass is 35.5. The first-order chi connectivity index (χ1) is 16.4. The van der Waals surface area contributed by atoms with Crippen LogP contribution >= 0.6 is 23.4 Å². The summed E-state index contributed by atoms with van der Waals surface area (Å²) in [5.74, 6) is 2.06. The Morgan fingerprint density at radius 2 is 2.06 bits per heavy atom. The molecule has 2 fully saturated rings. The Morgan fingerprint density at radius 3 is 2.79 bits per heavy atom. The number of aryl methyl sites for hydroxylation is 1. The van der Waals surface area contributed by atoms with E-state index in [0.29, 0.717) is 17.3 Å². The molecule has 2 saturated heterocycles. The fraction of sp³-hybridized carbons (Fsp3) is 0.429. The van der Waals surface area contributed by atoms with Crippen molar-refractivity contribution in [2.45, 2.75) is 43.6 Å². The third-order valence-corrected chi connectivity index (χ3v) is 9.07. The second-order valence-corrected chi connectivity index (χ2v) is 11.4. The molecule has 0 bridgehead atoms. The van der Waals surface area contributed by atoms with Crippen LogP contribution < -0.4 is 10.6 Å². The SMILES string of the molecule is C=C(NC1CCSC1)c1ccc(CCCN2CCC3(CC2)C(=C)Nc2ccc(Cl)cc23)cc1F. The van der Waals surface area contributed by atoms with E-state index in [0.717, 1.165) is 85.2 Å².